The summed E-state index contributed by atoms with van der Waals surface area (Å²) in [5, 5.41) is 10.4. The van der Waals surface area contributed by atoms with Gasteiger partial charge in [-0.1, -0.05) is 0 Å². The van der Waals surface area contributed by atoms with Crippen LogP contribution in [0.3, 0.4) is 0 Å². The molecule has 1 aliphatic rings. The average molecular weight is 305 g/mol. The lowest BCUT2D eigenvalue weighted by Gasteiger charge is -2.35. The summed E-state index contributed by atoms with van der Waals surface area (Å²) in [6, 6.07) is 5.96. The number of urea groups is 1. The molecule has 1 aliphatic heterocycles. The van der Waals surface area contributed by atoms with Crippen molar-refractivity contribution in [3.63, 3.8) is 0 Å². The number of aromatic nitrogens is 2. The fourth-order valence-corrected chi connectivity index (χ4v) is 3.24. The van der Waals surface area contributed by atoms with Gasteiger partial charge in [-0.05, 0) is 24.4 Å². The first-order valence-electron chi connectivity index (χ1n) is 7.14. The maximum atomic E-state index is 12.3. The standard InChI is InChI=1S/C14H19N5OS/c1-2-19-12(5-6-15-19)16-14(20)18-9-7-17(8-10-18)13-4-3-11-21-13/h3-6,11H,2,7-10H2,1H3,(H,16,20). The van der Waals surface area contributed by atoms with Crippen molar-refractivity contribution >= 4 is 28.2 Å². The summed E-state index contributed by atoms with van der Waals surface area (Å²) in [5.74, 6) is 0.753. The zero-order valence-corrected chi connectivity index (χ0v) is 12.8. The van der Waals surface area contributed by atoms with E-state index in [-0.39, 0.29) is 6.03 Å². The molecule has 0 radical (unpaired) electrons. The largest absolute Gasteiger partial charge is 0.360 e. The van der Waals surface area contributed by atoms with Gasteiger partial charge >= 0.3 is 6.03 Å². The fourth-order valence-electron chi connectivity index (χ4n) is 2.46. The lowest BCUT2D eigenvalue weighted by atomic mass is 10.3. The molecule has 0 aromatic carbocycles. The number of piperazine rings is 1. The number of carbonyl (C=O) groups excluding carboxylic acids is 1. The van der Waals surface area contributed by atoms with Crippen LogP contribution in [0.25, 0.3) is 0 Å². The molecular weight excluding hydrogens is 286 g/mol. The van der Waals surface area contributed by atoms with Crippen LogP contribution in [0.5, 0.6) is 0 Å². The van der Waals surface area contributed by atoms with Gasteiger partial charge in [0, 0.05) is 38.8 Å². The number of aryl methyl sites for hydroxylation is 1. The molecule has 2 aromatic heterocycles. The van der Waals surface area contributed by atoms with Crippen molar-refractivity contribution < 1.29 is 4.79 Å². The summed E-state index contributed by atoms with van der Waals surface area (Å²) in [7, 11) is 0. The second-order valence-corrected chi connectivity index (χ2v) is 5.81. The van der Waals surface area contributed by atoms with Gasteiger partial charge < -0.3 is 9.80 Å². The van der Waals surface area contributed by atoms with Crippen LogP contribution < -0.4 is 10.2 Å². The number of carbonyl (C=O) groups is 1. The molecule has 6 nitrogen and oxygen atoms in total. The molecule has 0 aliphatic carbocycles. The second kappa shape index (κ2) is 6.17. The van der Waals surface area contributed by atoms with E-state index in [0.29, 0.717) is 0 Å². The van der Waals surface area contributed by atoms with E-state index in [4.69, 9.17) is 0 Å². The number of amides is 2. The summed E-state index contributed by atoms with van der Waals surface area (Å²) in [5.41, 5.74) is 0. The summed E-state index contributed by atoms with van der Waals surface area (Å²) in [6.07, 6.45) is 1.70. The van der Waals surface area contributed by atoms with Gasteiger partial charge in [0.15, 0.2) is 0 Å². The molecule has 112 valence electrons. The molecule has 3 heterocycles. The highest BCUT2D eigenvalue weighted by Gasteiger charge is 2.22. The van der Waals surface area contributed by atoms with Crippen LogP contribution in [0.2, 0.25) is 0 Å². The van der Waals surface area contributed by atoms with Crippen molar-refractivity contribution in [3.05, 3.63) is 29.8 Å². The molecule has 0 unspecified atom stereocenters. The molecule has 2 amide bonds. The highest BCUT2D eigenvalue weighted by Crippen LogP contribution is 2.22. The van der Waals surface area contributed by atoms with Crippen LogP contribution in [0.4, 0.5) is 15.6 Å². The summed E-state index contributed by atoms with van der Waals surface area (Å²) < 4.78 is 1.78. The van der Waals surface area contributed by atoms with E-state index < -0.39 is 0 Å². The van der Waals surface area contributed by atoms with Crippen molar-refractivity contribution in [1.82, 2.24) is 14.7 Å². The predicted octanol–water partition coefficient (Wildman–Crippen LogP) is 2.32. The summed E-state index contributed by atoms with van der Waals surface area (Å²) >= 11 is 1.74. The van der Waals surface area contributed by atoms with Gasteiger partial charge in [0.1, 0.15) is 5.82 Å². The molecule has 2 aromatic rings. The smallest absolute Gasteiger partial charge is 0.323 e. The first kappa shape index (κ1) is 13.9. The van der Waals surface area contributed by atoms with Crippen LogP contribution in [-0.4, -0.2) is 46.9 Å². The quantitative estimate of drug-likeness (QED) is 0.947. The Balaban J connectivity index is 1.55. The van der Waals surface area contributed by atoms with E-state index in [1.807, 2.05) is 17.9 Å². The Kier molecular flexibility index (Phi) is 4.10. The van der Waals surface area contributed by atoms with Crippen LogP contribution in [0.15, 0.2) is 29.8 Å². The SMILES string of the molecule is CCn1nccc1NC(=O)N1CCN(c2cccs2)CC1. The monoisotopic (exact) mass is 305 g/mol. The van der Waals surface area contributed by atoms with E-state index in [2.05, 4.69) is 32.8 Å². The highest BCUT2D eigenvalue weighted by molar-refractivity contribution is 7.14. The van der Waals surface area contributed by atoms with Crippen molar-refractivity contribution in [2.45, 2.75) is 13.5 Å². The van der Waals surface area contributed by atoms with Gasteiger partial charge in [-0.2, -0.15) is 5.10 Å². The van der Waals surface area contributed by atoms with Gasteiger partial charge in [-0.3, -0.25) is 5.32 Å². The molecule has 0 atom stereocenters. The predicted molar refractivity (Wildman–Crippen MR) is 85.0 cm³/mol. The Hall–Kier alpha value is -2.02. The van der Waals surface area contributed by atoms with E-state index in [1.165, 1.54) is 5.00 Å². The molecule has 1 fully saturated rings. The van der Waals surface area contributed by atoms with Crippen molar-refractivity contribution in [1.29, 1.82) is 0 Å². The number of anilines is 2. The van der Waals surface area contributed by atoms with Crippen LogP contribution in [0.1, 0.15) is 6.92 Å². The van der Waals surface area contributed by atoms with Gasteiger partial charge in [-0.25, -0.2) is 9.48 Å². The van der Waals surface area contributed by atoms with E-state index in [1.54, 1.807) is 22.2 Å². The molecule has 21 heavy (non-hydrogen) atoms. The summed E-state index contributed by atoms with van der Waals surface area (Å²) in [4.78, 5) is 16.5. The van der Waals surface area contributed by atoms with E-state index >= 15 is 0 Å². The van der Waals surface area contributed by atoms with Crippen LogP contribution in [0, 0.1) is 0 Å². The van der Waals surface area contributed by atoms with Crippen molar-refractivity contribution in [2.24, 2.45) is 0 Å². The first-order valence-corrected chi connectivity index (χ1v) is 8.02. The van der Waals surface area contributed by atoms with Gasteiger partial charge in [0.05, 0.1) is 11.2 Å². The van der Waals surface area contributed by atoms with Crippen molar-refractivity contribution in [3.8, 4) is 0 Å². The Morgan fingerprint density at radius 1 is 1.33 bits per heavy atom. The van der Waals surface area contributed by atoms with Crippen LogP contribution >= 0.6 is 11.3 Å². The Labute approximate surface area is 128 Å². The number of nitrogens with zero attached hydrogens (tertiary/aromatic N) is 4. The van der Waals surface area contributed by atoms with Crippen molar-refractivity contribution in [2.75, 3.05) is 36.4 Å². The molecule has 0 spiro atoms. The maximum Gasteiger partial charge on any atom is 0.323 e. The van der Waals surface area contributed by atoms with Crippen LogP contribution in [-0.2, 0) is 6.54 Å². The zero-order valence-electron chi connectivity index (χ0n) is 12.0. The third-order valence-corrected chi connectivity index (χ3v) is 4.56. The Morgan fingerprint density at radius 2 is 2.14 bits per heavy atom. The van der Waals surface area contributed by atoms with Gasteiger partial charge in [0.25, 0.3) is 0 Å². The van der Waals surface area contributed by atoms with Gasteiger partial charge in [0.2, 0.25) is 0 Å². The minimum absolute atomic E-state index is 0.0453. The van der Waals surface area contributed by atoms with Gasteiger partial charge in [-0.15, -0.1) is 11.3 Å². The highest BCUT2D eigenvalue weighted by atomic mass is 32.1. The maximum absolute atomic E-state index is 12.3. The molecule has 1 saturated heterocycles. The molecule has 1 N–H and O–H groups in total. The lowest BCUT2D eigenvalue weighted by Crippen LogP contribution is -2.50. The molecular formula is C14H19N5OS. The number of hydrogen-bond acceptors (Lipinski definition) is 4. The Morgan fingerprint density at radius 3 is 2.81 bits per heavy atom. The number of rotatable bonds is 3. The normalized spacial score (nSPS) is 15.3. The first-order chi connectivity index (χ1) is 10.3. The molecule has 3 rings (SSSR count). The topological polar surface area (TPSA) is 53.4 Å². The lowest BCUT2D eigenvalue weighted by molar-refractivity contribution is 0.208. The third-order valence-electron chi connectivity index (χ3n) is 3.64. The Bertz CT molecular complexity index is 586. The second-order valence-electron chi connectivity index (χ2n) is 4.89. The molecule has 7 heteroatoms. The zero-order chi connectivity index (χ0) is 14.7. The number of thiophene rings is 1. The third kappa shape index (κ3) is 3.02. The van der Waals surface area contributed by atoms with E-state index in [0.717, 1.165) is 38.5 Å². The fraction of sp³-hybridized carbons (Fsp3) is 0.429. The molecule has 0 saturated carbocycles. The number of nitrogens with one attached hydrogen (secondary N) is 1. The van der Waals surface area contributed by atoms with E-state index in [9.17, 15) is 4.79 Å². The average Bonchev–Trinajstić information content (AvgIpc) is 3.18. The minimum atomic E-state index is -0.0453. The summed E-state index contributed by atoms with van der Waals surface area (Å²) in [6.45, 7) is 5.98. The minimum Gasteiger partial charge on any atom is -0.360 e. The number of hydrogen-bond donors (Lipinski definition) is 1. The molecule has 0 bridgehead atoms.